The van der Waals surface area contributed by atoms with Gasteiger partial charge >= 0.3 is 5.97 Å². The first-order valence-electron chi connectivity index (χ1n) is 7.32. The quantitative estimate of drug-likeness (QED) is 0.763. The van der Waals surface area contributed by atoms with E-state index in [1.165, 1.54) is 6.07 Å². The standard InChI is InChI=1S/C17H11ClN2O4S/c18-10-5-6-14-12(7-10)13(8-20(14)9-16(21)22)17-11-3-1-2-4-15(11)25(23,24)19-17/h1-8H,9H2,(H,21,22). The van der Waals surface area contributed by atoms with Gasteiger partial charge in [0.1, 0.15) is 6.54 Å². The minimum Gasteiger partial charge on any atom is -0.480 e. The molecule has 0 unspecified atom stereocenters. The number of carboxylic acid groups (broad SMARTS) is 1. The number of carboxylic acids is 1. The summed E-state index contributed by atoms with van der Waals surface area (Å²) >= 11 is 6.08. The van der Waals surface area contributed by atoms with Gasteiger partial charge in [-0.1, -0.05) is 29.8 Å². The topological polar surface area (TPSA) is 88.7 Å². The van der Waals surface area contributed by atoms with Crippen LogP contribution >= 0.6 is 11.6 Å². The van der Waals surface area contributed by atoms with Gasteiger partial charge in [-0.15, -0.1) is 0 Å². The van der Waals surface area contributed by atoms with Crippen LogP contribution in [0.15, 0.2) is 58.0 Å². The molecule has 0 bridgehead atoms. The van der Waals surface area contributed by atoms with Crippen LogP contribution in [-0.2, 0) is 21.4 Å². The predicted molar refractivity (Wildman–Crippen MR) is 93.9 cm³/mol. The second-order valence-electron chi connectivity index (χ2n) is 5.64. The van der Waals surface area contributed by atoms with E-state index >= 15 is 0 Å². The Morgan fingerprint density at radius 3 is 2.68 bits per heavy atom. The number of fused-ring (bicyclic) bond motifs is 2. The van der Waals surface area contributed by atoms with Gasteiger partial charge in [-0.25, -0.2) is 0 Å². The molecule has 0 radical (unpaired) electrons. The molecule has 0 atom stereocenters. The molecule has 0 fully saturated rings. The van der Waals surface area contributed by atoms with Gasteiger partial charge in [-0.3, -0.25) is 4.79 Å². The van der Waals surface area contributed by atoms with Crippen molar-refractivity contribution in [1.82, 2.24) is 4.57 Å². The van der Waals surface area contributed by atoms with E-state index in [1.807, 2.05) is 0 Å². The van der Waals surface area contributed by atoms with Crippen molar-refractivity contribution in [2.75, 3.05) is 0 Å². The lowest BCUT2D eigenvalue weighted by molar-refractivity contribution is -0.137. The van der Waals surface area contributed by atoms with Crippen molar-refractivity contribution in [2.24, 2.45) is 4.40 Å². The number of halogens is 1. The zero-order valence-corrected chi connectivity index (χ0v) is 14.3. The number of hydrogen-bond donors (Lipinski definition) is 1. The number of rotatable bonds is 3. The third kappa shape index (κ3) is 2.52. The minimum atomic E-state index is -3.77. The largest absolute Gasteiger partial charge is 0.480 e. The molecule has 0 saturated heterocycles. The summed E-state index contributed by atoms with van der Waals surface area (Å²) in [5.74, 6) is -1.00. The normalized spacial score (nSPS) is 15.2. The van der Waals surface area contributed by atoms with Crippen LogP contribution in [0.25, 0.3) is 10.9 Å². The number of sulfonamides is 1. The molecular formula is C17H11ClN2O4S. The van der Waals surface area contributed by atoms with E-state index in [0.717, 1.165) is 0 Å². The molecule has 1 N–H and O–H groups in total. The van der Waals surface area contributed by atoms with Gasteiger partial charge < -0.3 is 9.67 Å². The van der Waals surface area contributed by atoms with Crippen LogP contribution in [0.3, 0.4) is 0 Å². The molecule has 0 spiro atoms. The molecule has 4 rings (SSSR count). The van der Waals surface area contributed by atoms with Crippen molar-refractivity contribution < 1.29 is 18.3 Å². The molecule has 1 aromatic heterocycles. The Morgan fingerprint density at radius 1 is 1.16 bits per heavy atom. The molecule has 2 heterocycles. The predicted octanol–water partition coefficient (Wildman–Crippen LogP) is 2.92. The van der Waals surface area contributed by atoms with E-state index in [-0.39, 0.29) is 11.4 Å². The van der Waals surface area contributed by atoms with E-state index in [4.69, 9.17) is 16.7 Å². The monoisotopic (exact) mass is 374 g/mol. The Bertz CT molecular complexity index is 1180. The lowest BCUT2D eigenvalue weighted by Crippen LogP contribution is -2.07. The molecular weight excluding hydrogens is 364 g/mol. The summed E-state index contributed by atoms with van der Waals surface area (Å²) in [6.07, 6.45) is 1.60. The zero-order chi connectivity index (χ0) is 17.8. The van der Waals surface area contributed by atoms with E-state index < -0.39 is 16.0 Å². The van der Waals surface area contributed by atoms with Crippen LogP contribution in [0.1, 0.15) is 11.1 Å². The highest BCUT2D eigenvalue weighted by Gasteiger charge is 2.30. The maximum absolute atomic E-state index is 12.3. The molecule has 1 aliphatic rings. The molecule has 8 heteroatoms. The summed E-state index contributed by atoms with van der Waals surface area (Å²) < 4.78 is 30.1. The van der Waals surface area contributed by atoms with E-state index in [9.17, 15) is 13.2 Å². The highest BCUT2D eigenvalue weighted by molar-refractivity contribution is 7.90. The van der Waals surface area contributed by atoms with Crippen LogP contribution in [0.2, 0.25) is 5.02 Å². The Morgan fingerprint density at radius 2 is 1.92 bits per heavy atom. The lowest BCUT2D eigenvalue weighted by Gasteiger charge is -2.01. The maximum atomic E-state index is 12.3. The second kappa shape index (κ2) is 5.44. The first kappa shape index (κ1) is 15.9. The zero-order valence-electron chi connectivity index (χ0n) is 12.7. The van der Waals surface area contributed by atoms with Crippen molar-refractivity contribution in [3.05, 3.63) is 64.8 Å². The summed E-state index contributed by atoms with van der Waals surface area (Å²) in [4.78, 5) is 11.3. The van der Waals surface area contributed by atoms with Gasteiger partial charge in [0.15, 0.2) is 0 Å². The Kier molecular flexibility index (Phi) is 3.45. The molecule has 0 amide bonds. The highest BCUT2D eigenvalue weighted by atomic mass is 35.5. The van der Waals surface area contributed by atoms with Gasteiger partial charge in [0, 0.05) is 33.2 Å². The molecule has 2 aromatic carbocycles. The third-order valence-corrected chi connectivity index (χ3v) is 5.61. The summed E-state index contributed by atoms with van der Waals surface area (Å²) in [5.41, 5.74) is 1.97. The van der Waals surface area contributed by atoms with Crippen LogP contribution in [-0.4, -0.2) is 29.8 Å². The Labute approximate surface area is 148 Å². The van der Waals surface area contributed by atoms with Gasteiger partial charge in [0.25, 0.3) is 10.0 Å². The first-order chi connectivity index (χ1) is 11.9. The molecule has 0 aliphatic carbocycles. The van der Waals surface area contributed by atoms with Gasteiger partial charge in [-0.05, 0) is 24.3 Å². The Balaban J connectivity index is 2.02. The average Bonchev–Trinajstić information content (AvgIpc) is 3.02. The maximum Gasteiger partial charge on any atom is 0.323 e. The number of aromatic nitrogens is 1. The van der Waals surface area contributed by atoms with E-state index in [0.29, 0.717) is 32.8 Å². The summed E-state index contributed by atoms with van der Waals surface area (Å²) in [5, 5.41) is 10.2. The first-order valence-corrected chi connectivity index (χ1v) is 9.13. The smallest absolute Gasteiger partial charge is 0.323 e. The van der Waals surface area contributed by atoms with Gasteiger partial charge in [0.05, 0.1) is 10.6 Å². The van der Waals surface area contributed by atoms with Crippen molar-refractivity contribution in [3.63, 3.8) is 0 Å². The van der Waals surface area contributed by atoms with Gasteiger partial charge in [0.2, 0.25) is 0 Å². The SMILES string of the molecule is O=C(O)Cn1cc(C2=NS(=O)(=O)c3ccccc32)c2cc(Cl)ccc21. The van der Waals surface area contributed by atoms with Crippen LogP contribution < -0.4 is 0 Å². The van der Waals surface area contributed by atoms with Crippen LogP contribution in [0.4, 0.5) is 0 Å². The van der Waals surface area contributed by atoms with Crippen molar-refractivity contribution in [1.29, 1.82) is 0 Å². The molecule has 6 nitrogen and oxygen atoms in total. The van der Waals surface area contributed by atoms with Crippen molar-refractivity contribution in [2.45, 2.75) is 11.4 Å². The summed E-state index contributed by atoms with van der Waals surface area (Å²) in [6.45, 7) is -0.250. The fourth-order valence-electron chi connectivity index (χ4n) is 3.03. The summed E-state index contributed by atoms with van der Waals surface area (Å²) in [7, 11) is -3.77. The van der Waals surface area contributed by atoms with E-state index in [1.54, 1.807) is 47.2 Å². The number of aliphatic carboxylic acids is 1. The minimum absolute atomic E-state index is 0.145. The average molecular weight is 375 g/mol. The lowest BCUT2D eigenvalue weighted by atomic mass is 10.0. The Hall–Kier alpha value is -2.64. The molecule has 0 saturated carbocycles. The second-order valence-corrected chi connectivity index (χ2v) is 7.65. The van der Waals surface area contributed by atoms with Crippen LogP contribution in [0, 0.1) is 0 Å². The number of carbonyl (C=O) groups is 1. The van der Waals surface area contributed by atoms with Gasteiger partial charge in [-0.2, -0.15) is 12.8 Å². The van der Waals surface area contributed by atoms with Crippen molar-refractivity contribution >= 4 is 44.2 Å². The fourth-order valence-corrected chi connectivity index (χ4v) is 4.44. The highest BCUT2D eigenvalue weighted by Crippen LogP contribution is 2.33. The molecule has 3 aromatic rings. The molecule has 1 aliphatic heterocycles. The molecule has 25 heavy (non-hydrogen) atoms. The third-order valence-electron chi connectivity index (χ3n) is 4.04. The number of nitrogens with zero attached hydrogens (tertiary/aromatic N) is 2. The van der Waals surface area contributed by atoms with Crippen LogP contribution in [0.5, 0.6) is 0 Å². The molecule has 126 valence electrons. The number of benzene rings is 2. The fraction of sp³-hybridized carbons (Fsp3) is 0.0588. The number of hydrogen-bond acceptors (Lipinski definition) is 3. The van der Waals surface area contributed by atoms with E-state index in [2.05, 4.69) is 4.40 Å². The summed E-state index contributed by atoms with van der Waals surface area (Å²) in [6, 6.07) is 11.6. The van der Waals surface area contributed by atoms with Crippen molar-refractivity contribution in [3.8, 4) is 0 Å².